The van der Waals surface area contributed by atoms with Crippen molar-refractivity contribution >= 4 is 5.91 Å². The van der Waals surface area contributed by atoms with Gasteiger partial charge in [-0.05, 0) is 60.2 Å². The molecule has 2 aliphatic rings. The lowest BCUT2D eigenvalue weighted by Crippen LogP contribution is -2.42. The lowest BCUT2D eigenvalue weighted by molar-refractivity contribution is -0.122. The molecule has 0 bridgehead atoms. The van der Waals surface area contributed by atoms with Gasteiger partial charge in [-0.25, -0.2) is 0 Å². The number of rotatable bonds is 8. The molecule has 4 rings (SSSR count). The van der Waals surface area contributed by atoms with Gasteiger partial charge < -0.3 is 19.5 Å². The predicted molar refractivity (Wildman–Crippen MR) is 115 cm³/mol. The number of methoxy groups -OCH3 is 3. The average molecular weight is 411 g/mol. The summed E-state index contributed by atoms with van der Waals surface area (Å²) in [5.41, 5.74) is 3.63. The van der Waals surface area contributed by atoms with Gasteiger partial charge in [0, 0.05) is 25.6 Å². The van der Waals surface area contributed by atoms with E-state index in [4.69, 9.17) is 14.2 Å². The third kappa shape index (κ3) is 4.38. The van der Waals surface area contributed by atoms with Crippen molar-refractivity contribution < 1.29 is 19.0 Å². The van der Waals surface area contributed by atoms with Crippen LogP contribution < -0.4 is 19.5 Å². The zero-order valence-electron chi connectivity index (χ0n) is 17.9. The Kier molecular flexibility index (Phi) is 6.13. The van der Waals surface area contributed by atoms with Gasteiger partial charge >= 0.3 is 0 Å². The quantitative estimate of drug-likeness (QED) is 0.723. The summed E-state index contributed by atoms with van der Waals surface area (Å²) in [6.07, 6.45) is 2.93. The number of carbonyl (C=O) groups excluding carboxylic acids is 1. The van der Waals surface area contributed by atoms with E-state index in [0.717, 1.165) is 49.6 Å². The van der Waals surface area contributed by atoms with Gasteiger partial charge in [0.25, 0.3) is 0 Å². The van der Waals surface area contributed by atoms with Crippen molar-refractivity contribution in [3.63, 3.8) is 0 Å². The summed E-state index contributed by atoms with van der Waals surface area (Å²) < 4.78 is 16.5. The van der Waals surface area contributed by atoms with Gasteiger partial charge in [-0.3, -0.25) is 9.69 Å². The second-order valence-electron chi connectivity index (χ2n) is 8.01. The Morgan fingerprint density at radius 1 is 1.07 bits per heavy atom. The van der Waals surface area contributed by atoms with E-state index >= 15 is 0 Å². The van der Waals surface area contributed by atoms with Gasteiger partial charge in [0.1, 0.15) is 5.75 Å². The number of nitrogens with one attached hydrogen (secondary N) is 1. The molecule has 160 valence electrons. The molecule has 30 heavy (non-hydrogen) atoms. The van der Waals surface area contributed by atoms with Gasteiger partial charge in [0.05, 0.1) is 27.4 Å². The highest BCUT2D eigenvalue weighted by molar-refractivity contribution is 5.80. The van der Waals surface area contributed by atoms with Crippen LogP contribution in [0.2, 0.25) is 0 Å². The van der Waals surface area contributed by atoms with Crippen LogP contribution in [0.1, 0.15) is 35.6 Å². The van der Waals surface area contributed by atoms with Gasteiger partial charge in [0.2, 0.25) is 5.91 Å². The molecule has 0 radical (unpaired) electrons. The normalized spacial score (nSPS) is 18.4. The summed E-state index contributed by atoms with van der Waals surface area (Å²) in [7, 11) is 5.01. The van der Waals surface area contributed by atoms with E-state index in [1.165, 1.54) is 16.7 Å². The number of hydrogen-bond acceptors (Lipinski definition) is 5. The number of benzene rings is 2. The Bertz CT molecular complexity index is 910. The first-order valence-corrected chi connectivity index (χ1v) is 10.5. The van der Waals surface area contributed by atoms with E-state index in [-0.39, 0.29) is 17.9 Å². The molecule has 0 saturated heterocycles. The summed E-state index contributed by atoms with van der Waals surface area (Å²) in [5.74, 6) is 2.69. The minimum atomic E-state index is 0.0717. The number of amides is 1. The highest BCUT2D eigenvalue weighted by Crippen LogP contribution is 2.39. The lowest BCUT2D eigenvalue weighted by Gasteiger charge is -2.38. The molecule has 1 heterocycles. The number of hydrogen-bond donors (Lipinski definition) is 1. The van der Waals surface area contributed by atoms with E-state index in [0.29, 0.717) is 6.54 Å². The van der Waals surface area contributed by atoms with Crippen LogP contribution in [0.25, 0.3) is 0 Å². The molecule has 2 aromatic carbocycles. The summed E-state index contributed by atoms with van der Waals surface area (Å²) in [6, 6.07) is 12.4. The maximum atomic E-state index is 12.3. The Hall–Kier alpha value is -2.73. The average Bonchev–Trinajstić information content (AvgIpc) is 3.62. The smallest absolute Gasteiger partial charge is 0.223 e. The van der Waals surface area contributed by atoms with Gasteiger partial charge in [-0.15, -0.1) is 0 Å². The van der Waals surface area contributed by atoms with Gasteiger partial charge in [-0.2, -0.15) is 0 Å². The van der Waals surface area contributed by atoms with Crippen LogP contribution in [0.4, 0.5) is 0 Å². The van der Waals surface area contributed by atoms with E-state index in [1.54, 1.807) is 21.3 Å². The van der Waals surface area contributed by atoms with Crippen molar-refractivity contribution in [3.05, 3.63) is 53.1 Å². The molecule has 0 aromatic heterocycles. The molecule has 1 aliphatic carbocycles. The largest absolute Gasteiger partial charge is 0.497 e. The van der Waals surface area contributed by atoms with E-state index in [2.05, 4.69) is 34.5 Å². The Labute approximate surface area is 178 Å². The number of ether oxygens (including phenoxy) is 3. The highest BCUT2D eigenvalue weighted by atomic mass is 16.5. The lowest BCUT2D eigenvalue weighted by atomic mass is 9.91. The summed E-state index contributed by atoms with van der Waals surface area (Å²) in [5, 5.41) is 3.18. The molecule has 1 N–H and O–H groups in total. The molecule has 6 heteroatoms. The van der Waals surface area contributed by atoms with E-state index < -0.39 is 0 Å². The van der Waals surface area contributed by atoms with Gasteiger partial charge in [-0.1, -0.05) is 12.1 Å². The molecule has 1 atom stereocenters. The molecule has 0 spiro atoms. The zero-order valence-corrected chi connectivity index (χ0v) is 17.9. The number of carbonyl (C=O) groups is 1. The predicted octanol–water partition coefficient (Wildman–Crippen LogP) is 3.34. The van der Waals surface area contributed by atoms with E-state index in [9.17, 15) is 4.79 Å². The van der Waals surface area contributed by atoms with Crippen LogP contribution in [0.15, 0.2) is 36.4 Å². The highest BCUT2D eigenvalue weighted by Gasteiger charge is 2.33. The first kappa shape index (κ1) is 20.5. The third-order valence-corrected chi connectivity index (χ3v) is 6.05. The summed E-state index contributed by atoms with van der Waals surface area (Å²) in [4.78, 5) is 14.8. The van der Waals surface area contributed by atoms with Crippen molar-refractivity contribution in [1.29, 1.82) is 0 Å². The van der Waals surface area contributed by atoms with Crippen molar-refractivity contribution in [2.75, 3.05) is 34.4 Å². The fourth-order valence-electron chi connectivity index (χ4n) is 4.20. The van der Waals surface area contributed by atoms with Crippen molar-refractivity contribution in [3.8, 4) is 17.2 Å². The van der Waals surface area contributed by atoms with Gasteiger partial charge in [0.15, 0.2) is 11.5 Å². The summed E-state index contributed by atoms with van der Waals surface area (Å²) in [6.45, 7) is 2.28. The topological polar surface area (TPSA) is 60.0 Å². The van der Waals surface area contributed by atoms with Crippen LogP contribution in [0.3, 0.4) is 0 Å². The van der Waals surface area contributed by atoms with Crippen LogP contribution in [-0.2, 0) is 17.8 Å². The van der Waals surface area contributed by atoms with E-state index in [1.807, 2.05) is 12.1 Å². The third-order valence-electron chi connectivity index (χ3n) is 6.05. The second-order valence-corrected chi connectivity index (χ2v) is 8.01. The Morgan fingerprint density at radius 3 is 2.53 bits per heavy atom. The van der Waals surface area contributed by atoms with Crippen LogP contribution >= 0.6 is 0 Å². The van der Waals surface area contributed by atoms with Crippen molar-refractivity contribution in [1.82, 2.24) is 10.2 Å². The molecule has 1 amide bonds. The van der Waals surface area contributed by atoms with Crippen molar-refractivity contribution in [2.24, 2.45) is 5.92 Å². The molecule has 0 unspecified atom stereocenters. The maximum absolute atomic E-state index is 12.3. The van der Waals surface area contributed by atoms with Crippen LogP contribution in [0, 0.1) is 5.92 Å². The molecular weight excluding hydrogens is 380 g/mol. The van der Waals surface area contributed by atoms with Crippen LogP contribution in [0.5, 0.6) is 17.2 Å². The minimum absolute atomic E-state index is 0.0717. The molecule has 1 fully saturated rings. The fraction of sp³-hybridized carbons (Fsp3) is 0.458. The molecule has 2 aromatic rings. The molecule has 6 nitrogen and oxygen atoms in total. The number of fused-ring (bicyclic) bond motifs is 1. The SMILES string of the molecule is COc1cccc(CN2CCc3cc(OC)c(OC)cc3[C@@H]2CNC(=O)C2CC2)c1. The standard InChI is InChI=1S/C24H30N2O4/c1-28-19-6-4-5-16(11-19)15-26-10-9-18-12-22(29-2)23(30-3)13-20(18)21(26)14-25-24(27)17-7-8-17/h4-6,11-13,17,21H,7-10,14-15H2,1-3H3,(H,25,27)/t21-/m0/s1. The van der Waals surface area contributed by atoms with Crippen LogP contribution in [-0.4, -0.2) is 45.2 Å². The molecule has 1 saturated carbocycles. The Balaban J connectivity index is 1.62. The maximum Gasteiger partial charge on any atom is 0.223 e. The minimum Gasteiger partial charge on any atom is -0.497 e. The number of nitrogens with zero attached hydrogens (tertiary/aromatic N) is 1. The molecular formula is C24H30N2O4. The Morgan fingerprint density at radius 2 is 1.83 bits per heavy atom. The first-order chi connectivity index (χ1) is 14.6. The molecule has 1 aliphatic heterocycles. The van der Waals surface area contributed by atoms with Crippen molar-refractivity contribution in [2.45, 2.75) is 31.8 Å². The fourth-order valence-corrected chi connectivity index (χ4v) is 4.20. The zero-order chi connectivity index (χ0) is 21.1. The second kappa shape index (κ2) is 8.96. The monoisotopic (exact) mass is 410 g/mol. The first-order valence-electron chi connectivity index (χ1n) is 10.5. The summed E-state index contributed by atoms with van der Waals surface area (Å²) >= 11 is 0.